The zero-order valence-corrected chi connectivity index (χ0v) is 9.49. The summed E-state index contributed by atoms with van der Waals surface area (Å²) in [6.07, 6.45) is 3.87. The molecule has 0 fully saturated rings. The van der Waals surface area contributed by atoms with Gasteiger partial charge in [0.05, 0.1) is 0 Å². The van der Waals surface area contributed by atoms with Crippen LogP contribution in [0, 0.1) is 20.8 Å². The van der Waals surface area contributed by atoms with Gasteiger partial charge in [-0.15, -0.1) is 0 Å². The third-order valence-electron chi connectivity index (χ3n) is 2.56. The Hall–Kier alpha value is -1.57. The van der Waals surface area contributed by atoms with E-state index in [0.29, 0.717) is 0 Å². The molecule has 0 N–H and O–H groups in total. The van der Waals surface area contributed by atoms with E-state index in [1.165, 1.54) is 16.7 Å². The molecule has 0 radical (unpaired) electrons. The minimum absolute atomic E-state index is 0.911. The van der Waals surface area contributed by atoms with Crippen LogP contribution in [0.4, 0.5) is 0 Å². The first kappa shape index (κ1) is 9.97. The molecular formula is C13H16N2. The SMILES string of the molecule is Cc1cc(C)cc(Cn2ccnc2C)c1. The minimum atomic E-state index is 0.911. The second kappa shape index (κ2) is 3.89. The second-order valence-electron chi connectivity index (χ2n) is 4.10. The molecule has 0 amide bonds. The first-order valence-corrected chi connectivity index (χ1v) is 5.20. The molecule has 0 unspecified atom stereocenters. The first-order chi connectivity index (χ1) is 7.15. The van der Waals surface area contributed by atoms with Crippen molar-refractivity contribution < 1.29 is 0 Å². The normalized spacial score (nSPS) is 10.6. The van der Waals surface area contributed by atoms with Crippen molar-refractivity contribution in [2.45, 2.75) is 27.3 Å². The summed E-state index contributed by atoms with van der Waals surface area (Å²) in [6.45, 7) is 7.21. The Kier molecular flexibility index (Phi) is 2.58. The standard InChI is InChI=1S/C13H16N2/c1-10-6-11(2)8-13(7-10)9-15-5-4-14-12(15)3/h4-8H,9H2,1-3H3. The lowest BCUT2D eigenvalue weighted by Gasteiger charge is -2.07. The molecule has 2 aromatic rings. The topological polar surface area (TPSA) is 17.8 Å². The molecular weight excluding hydrogens is 184 g/mol. The van der Waals surface area contributed by atoms with Crippen LogP contribution in [0.5, 0.6) is 0 Å². The van der Waals surface area contributed by atoms with E-state index < -0.39 is 0 Å². The Bertz CT molecular complexity index is 449. The largest absolute Gasteiger partial charge is 0.331 e. The summed E-state index contributed by atoms with van der Waals surface area (Å²) in [7, 11) is 0. The fourth-order valence-electron chi connectivity index (χ4n) is 1.93. The van der Waals surface area contributed by atoms with E-state index in [9.17, 15) is 0 Å². The van der Waals surface area contributed by atoms with E-state index >= 15 is 0 Å². The lowest BCUT2D eigenvalue weighted by atomic mass is 10.1. The maximum atomic E-state index is 4.22. The molecule has 2 rings (SSSR count). The molecule has 0 bridgehead atoms. The molecule has 1 heterocycles. The average Bonchev–Trinajstić information content (AvgIpc) is 2.50. The van der Waals surface area contributed by atoms with Crippen molar-refractivity contribution in [3.8, 4) is 0 Å². The number of rotatable bonds is 2. The molecule has 0 aliphatic rings. The van der Waals surface area contributed by atoms with Crippen LogP contribution in [-0.2, 0) is 6.54 Å². The van der Waals surface area contributed by atoms with Crippen molar-refractivity contribution in [3.63, 3.8) is 0 Å². The van der Waals surface area contributed by atoms with Crippen LogP contribution in [0.15, 0.2) is 30.6 Å². The van der Waals surface area contributed by atoms with Gasteiger partial charge in [-0.2, -0.15) is 0 Å². The maximum Gasteiger partial charge on any atom is 0.105 e. The molecule has 0 atom stereocenters. The summed E-state index contributed by atoms with van der Waals surface area (Å²) in [5.41, 5.74) is 3.99. The van der Waals surface area contributed by atoms with Gasteiger partial charge in [-0.1, -0.05) is 29.3 Å². The minimum Gasteiger partial charge on any atom is -0.331 e. The quantitative estimate of drug-likeness (QED) is 0.729. The molecule has 0 saturated carbocycles. The van der Waals surface area contributed by atoms with Crippen LogP contribution in [0.2, 0.25) is 0 Å². The van der Waals surface area contributed by atoms with E-state index in [4.69, 9.17) is 0 Å². The van der Waals surface area contributed by atoms with Crippen LogP contribution < -0.4 is 0 Å². The molecule has 0 saturated heterocycles. The van der Waals surface area contributed by atoms with E-state index in [1.807, 2.05) is 19.3 Å². The number of aryl methyl sites for hydroxylation is 3. The van der Waals surface area contributed by atoms with Crippen molar-refractivity contribution >= 4 is 0 Å². The zero-order valence-electron chi connectivity index (χ0n) is 9.49. The Labute approximate surface area is 90.6 Å². The van der Waals surface area contributed by atoms with Gasteiger partial charge in [-0.05, 0) is 26.3 Å². The molecule has 0 aliphatic heterocycles. The van der Waals surface area contributed by atoms with E-state index in [1.54, 1.807) is 0 Å². The van der Waals surface area contributed by atoms with Gasteiger partial charge in [0, 0.05) is 18.9 Å². The molecule has 15 heavy (non-hydrogen) atoms. The second-order valence-corrected chi connectivity index (χ2v) is 4.10. The summed E-state index contributed by atoms with van der Waals surface area (Å²) in [6, 6.07) is 6.66. The summed E-state index contributed by atoms with van der Waals surface area (Å²) in [5, 5.41) is 0. The summed E-state index contributed by atoms with van der Waals surface area (Å²) in [4.78, 5) is 4.22. The molecule has 0 spiro atoms. The number of benzene rings is 1. The van der Waals surface area contributed by atoms with Crippen molar-refractivity contribution in [1.29, 1.82) is 0 Å². The van der Waals surface area contributed by atoms with Gasteiger partial charge < -0.3 is 4.57 Å². The van der Waals surface area contributed by atoms with Crippen molar-refractivity contribution in [2.24, 2.45) is 0 Å². The molecule has 2 nitrogen and oxygen atoms in total. The van der Waals surface area contributed by atoms with Gasteiger partial charge in [0.2, 0.25) is 0 Å². The van der Waals surface area contributed by atoms with Crippen molar-refractivity contribution in [1.82, 2.24) is 9.55 Å². The number of imidazole rings is 1. The number of nitrogens with zero attached hydrogens (tertiary/aromatic N) is 2. The molecule has 0 aliphatic carbocycles. The summed E-state index contributed by atoms with van der Waals surface area (Å²) in [5.74, 6) is 1.06. The summed E-state index contributed by atoms with van der Waals surface area (Å²) < 4.78 is 2.16. The van der Waals surface area contributed by atoms with Crippen molar-refractivity contribution in [2.75, 3.05) is 0 Å². The first-order valence-electron chi connectivity index (χ1n) is 5.20. The summed E-state index contributed by atoms with van der Waals surface area (Å²) >= 11 is 0. The third kappa shape index (κ3) is 2.27. The third-order valence-corrected chi connectivity index (χ3v) is 2.56. The fourth-order valence-corrected chi connectivity index (χ4v) is 1.93. The lowest BCUT2D eigenvalue weighted by Crippen LogP contribution is -2.01. The number of hydrogen-bond acceptors (Lipinski definition) is 1. The monoisotopic (exact) mass is 200 g/mol. The average molecular weight is 200 g/mol. The van der Waals surface area contributed by atoms with Gasteiger partial charge in [-0.25, -0.2) is 4.98 Å². The smallest absolute Gasteiger partial charge is 0.105 e. The maximum absolute atomic E-state index is 4.22. The van der Waals surface area contributed by atoms with Gasteiger partial charge in [-0.3, -0.25) is 0 Å². The van der Waals surface area contributed by atoms with Gasteiger partial charge in [0.1, 0.15) is 5.82 Å². The van der Waals surface area contributed by atoms with Crippen molar-refractivity contribution in [3.05, 3.63) is 53.1 Å². The molecule has 1 aromatic carbocycles. The van der Waals surface area contributed by atoms with E-state index in [-0.39, 0.29) is 0 Å². The highest BCUT2D eigenvalue weighted by molar-refractivity contribution is 5.28. The van der Waals surface area contributed by atoms with Crippen LogP contribution in [-0.4, -0.2) is 9.55 Å². The Morgan fingerprint density at radius 1 is 1.07 bits per heavy atom. The van der Waals surface area contributed by atoms with Crippen LogP contribution in [0.25, 0.3) is 0 Å². The molecule has 78 valence electrons. The van der Waals surface area contributed by atoms with E-state index in [2.05, 4.69) is 41.6 Å². The Balaban J connectivity index is 2.28. The van der Waals surface area contributed by atoms with Crippen LogP contribution >= 0.6 is 0 Å². The predicted molar refractivity (Wildman–Crippen MR) is 62.0 cm³/mol. The highest BCUT2D eigenvalue weighted by Gasteiger charge is 1.99. The van der Waals surface area contributed by atoms with Gasteiger partial charge in [0.25, 0.3) is 0 Å². The zero-order chi connectivity index (χ0) is 10.8. The van der Waals surface area contributed by atoms with Crippen LogP contribution in [0.3, 0.4) is 0 Å². The Morgan fingerprint density at radius 3 is 2.27 bits per heavy atom. The Morgan fingerprint density at radius 2 is 1.73 bits per heavy atom. The van der Waals surface area contributed by atoms with Crippen LogP contribution in [0.1, 0.15) is 22.5 Å². The predicted octanol–water partition coefficient (Wildman–Crippen LogP) is 2.86. The van der Waals surface area contributed by atoms with E-state index in [0.717, 1.165) is 12.4 Å². The molecule has 2 heteroatoms. The van der Waals surface area contributed by atoms with Gasteiger partial charge in [0.15, 0.2) is 0 Å². The highest BCUT2D eigenvalue weighted by Crippen LogP contribution is 2.11. The number of hydrogen-bond donors (Lipinski definition) is 0. The lowest BCUT2D eigenvalue weighted by molar-refractivity contribution is 0.760. The fraction of sp³-hybridized carbons (Fsp3) is 0.308. The molecule has 1 aromatic heterocycles. The highest BCUT2D eigenvalue weighted by atomic mass is 15.0. The van der Waals surface area contributed by atoms with Gasteiger partial charge >= 0.3 is 0 Å². The number of aromatic nitrogens is 2.